The molecule has 1 saturated carbocycles. The summed E-state index contributed by atoms with van der Waals surface area (Å²) in [5, 5.41) is 3.13. The van der Waals surface area contributed by atoms with Crippen molar-refractivity contribution in [2.45, 2.75) is 51.0 Å². The SMILES string of the molecule is CNCC1CCCCN1S(=O)(=O)N(C)CC1CCCC1. The number of hydrogen-bond acceptors (Lipinski definition) is 3. The molecule has 1 aliphatic heterocycles. The van der Waals surface area contributed by atoms with Gasteiger partial charge in [0.15, 0.2) is 0 Å². The summed E-state index contributed by atoms with van der Waals surface area (Å²) in [5.74, 6) is 0.558. The van der Waals surface area contributed by atoms with Crippen molar-refractivity contribution in [3.8, 4) is 0 Å². The van der Waals surface area contributed by atoms with Gasteiger partial charge >= 0.3 is 0 Å². The lowest BCUT2D eigenvalue weighted by Gasteiger charge is -2.37. The molecule has 1 aliphatic carbocycles. The minimum atomic E-state index is -3.29. The van der Waals surface area contributed by atoms with Gasteiger partial charge in [-0.2, -0.15) is 17.0 Å². The highest BCUT2D eigenvalue weighted by atomic mass is 32.2. The molecule has 1 unspecified atom stereocenters. The van der Waals surface area contributed by atoms with Crippen molar-refractivity contribution in [3.63, 3.8) is 0 Å². The molecule has 1 saturated heterocycles. The largest absolute Gasteiger partial charge is 0.318 e. The van der Waals surface area contributed by atoms with Gasteiger partial charge in [-0.1, -0.05) is 19.3 Å². The van der Waals surface area contributed by atoms with Crippen LogP contribution in [0.25, 0.3) is 0 Å². The van der Waals surface area contributed by atoms with E-state index in [1.165, 1.54) is 25.7 Å². The highest BCUT2D eigenvalue weighted by molar-refractivity contribution is 7.86. The maximum Gasteiger partial charge on any atom is 0.282 e. The van der Waals surface area contributed by atoms with Gasteiger partial charge in [0.2, 0.25) is 0 Å². The highest BCUT2D eigenvalue weighted by Gasteiger charge is 2.35. The van der Waals surface area contributed by atoms with E-state index in [0.717, 1.165) is 25.8 Å². The van der Waals surface area contributed by atoms with E-state index in [9.17, 15) is 8.42 Å². The van der Waals surface area contributed by atoms with Crippen molar-refractivity contribution >= 4 is 10.2 Å². The van der Waals surface area contributed by atoms with Gasteiger partial charge in [0.05, 0.1) is 0 Å². The number of likely N-dealkylation sites (N-methyl/N-ethyl adjacent to an activating group) is 1. The molecule has 0 aromatic carbocycles. The van der Waals surface area contributed by atoms with E-state index in [1.807, 2.05) is 7.05 Å². The van der Waals surface area contributed by atoms with Gasteiger partial charge in [0.25, 0.3) is 10.2 Å². The van der Waals surface area contributed by atoms with Crippen LogP contribution in [0, 0.1) is 5.92 Å². The monoisotopic (exact) mass is 303 g/mol. The molecule has 0 spiro atoms. The second-order valence-electron chi connectivity index (χ2n) is 6.26. The molecule has 0 aromatic rings. The molecule has 0 radical (unpaired) electrons. The second-order valence-corrected chi connectivity index (χ2v) is 8.24. The Labute approximate surface area is 123 Å². The lowest BCUT2D eigenvalue weighted by atomic mass is 10.1. The van der Waals surface area contributed by atoms with Crippen LogP contribution in [0.4, 0.5) is 0 Å². The minimum absolute atomic E-state index is 0.116. The Morgan fingerprint density at radius 3 is 2.45 bits per heavy atom. The van der Waals surface area contributed by atoms with E-state index in [4.69, 9.17) is 0 Å². The van der Waals surface area contributed by atoms with Crippen LogP contribution in [0.3, 0.4) is 0 Å². The van der Waals surface area contributed by atoms with Crippen LogP contribution in [0.1, 0.15) is 44.9 Å². The Hall–Kier alpha value is -0.170. The highest BCUT2D eigenvalue weighted by Crippen LogP contribution is 2.27. The number of piperidine rings is 1. The zero-order valence-corrected chi connectivity index (χ0v) is 13.7. The van der Waals surface area contributed by atoms with E-state index >= 15 is 0 Å². The molecule has 0 amide bonds. The smallest absolute Gasteiger partial charge is 0.282 e. The summed E-state index contributed by atoms with van der Waals surface area (Å²) in [6.45, 7) is 2.10. The molecule has 1 heterocycles. The maximum absolute atomic E-state index is 12.8. The van der Waals surface area contributed by atoms with Gasteiger partial charge < -0.3 is 5.32 Å². The fraction of sp³-hybridized carbons (Fsp3) is 1.00. The molecule has 5 nitrogen and oxygen atoms in total. The van der Waals surface area contributed by atoms with Crippen LogP contribution in [0.15, 0.2) is 0 Å². The topological polar surface area (TPSA) is 52.7 Å². The molecule has 118 valence electrons. The van der Waals surface area contributed by atoms with Gasteiger partial charge in [-0.15, -0.1) is 0 Å². The molecule has 2 rings (SSSR count). The van der Waals surface area contributed by atoms with Crippen molar-refractivity contribution < 1.29 is 8.42 Å². The van der Waals surface area contributed by atoms with Gasteiger partial charge in [-0.25, -0.2) is 0 Å². The van der Waals surface area contributed by atoms with Crippen LogP contribution >= 0.6 is 0 Å². The number of rotatable bonds is 6. The van der Waals surface area contributed by atoms with Crippen molar-refractivity contribution in [2.24, 2.45) is 5.92 Å². The molecule has 1 N–H and O–H groups in total. The molecule has 6 heteroatoms. The third kappa shape index (κ3) is 3.72. The fourth-order valence-corrected chi connectivity index (χ4v) is 5.22. The van der Waals surface area contributed by atoms with Gasteiger partial charge in [0.1, 0.15) is 0 Å². The van der Waals surface area contributed by atoms with E-state index in [0.29, 0.717) is 19.0 Å². The summed E-state index contributed by atoms with van der Waals surface area (Å²) >= 11 is 0. The Bertz CT molecular complexity index is 391. The predicted octanol–water partition coefficient (Wildman–Crippen LogP) is 1.43. The van der Waals surface area contributed by atoms with Crippen LogP contribution in [0.5, 0.6) is 0 Å². The first kappa shape index (κ1) is 16.2. The van der Waals surface area contributed by atoms with Crippen molar-refractivity contribution in [1.29, 1.82) is 0 Å². The van der Waals surface area contributed by atoms with E-state index in [-0.39, 0.29) is 6.04 Å². The summed E-state index contributed by atoms with van der Waals surface area (Å²) < 4.78 is 28.9. The molecule has 0 bridgehead atoms. The molecule has 0 aromatic heterocycles. The Balaban J connectivity index is 2.02. The minimum Gasteiger partial charge on any atom is -0.318 e. The average molecular weight is 303 g/mol. The summed E-state index contributed by atoms with van der Waals surface area (Å²) in [6, 6.07) is 0.116. The number of hydrogen-bond donors (Lipinski definition) is 1. The summed E-state index contributed by atoms with van der Waals surface area (Å²) in [4.78, 5) is 0. The molecule has 20 heavy (non-hydrogen) atoms. The maximum atomic E-state index is 12.8. The van der Waals surface area contributed by atoms with Gasteiger partial charge in [-0.05, 0) is 38.6 Å². The van der Waals surface area contributed by atoms with Gasteiger partial charge in [-0.3, -0.25) is 0 Å². The first-order valence-electron chi connectivity index (χ1n) is 7.93. The quantitative estimate of drug-likeness (QED) is 0.807. The van der Waals surface area contributed by atoms with E-state index in [2.05, 4.69) is 5.32 Å². The van der Waals surface area contributed by atoms with Crippen LogP contribution in [0.2, 0.25) is 0 Å². The average Bonchev–Trinajstić information content (AvgIpc) is 2.92. The lowest BCUT2D eigenvalue weighted by Crippen LogP contribution is -2.53. The summed E-state index contributed by atoms with van der Waals surface area (Å²) in [5.41, 5.74) is 0. The lowest BCUT2D eigenvalue weighted by molar-refractivity contribution is 0.229. The molecular weight excluding hydrogens is 274 g/mol. The molecular formula is C14H29N3O2S. The third-order valence-electron chi connectivity index (χ3n) is 4.69. The van der Waals surface area contributed by atoms with E-state index in [1.54, 1.807) is 15.7 Å². The second kappa shape index (κ2) is 7.20. The molecule has 1 atom stereocenters. The fourth-order valence-electron chi connectivity index (χ4n) is 3.55. The number of nitrogens with zero attached hydrogens (tertiary/aromatic N) is 2. The zero-order chi connectivity index (χ0) is 14.6. The van der Waals surface area contributed by atoms with Crippen molar-refractivity contribution in [3.05, 3.63) is 0 Å². The van der Waals surface area contributed by atoms with E-state index < -0.39 is 10.2 Å². The zero-order valence-electron chi connectivity index (χ0n) is 12.8. The Morgan fingerprint density at radius 2 is 1.80 bits per heavy atom. The van der Waals surface area contributed by atoms with Crippen LogP contribution in [-0.2, 0) is 10.2 Å². The predicted molar refractivity (Wildman–Crippen MR) is 81.8 cm³/mol. The third-order valence-corrected chi connectivity index (χ3v) is 6.70. The first-order valence-corrected chi connectivity index (χ1v) is 9.33. The standard InChI is InChI=1S/C14H29N3O2S/c1-15-11-14-9-5-6-10-17(14)20(18,19)16(2)12-13-7-3-4-8-13/h13-15H,3-12H2,1-2H3. The van der Waals surface area contributed by atoms with Crippen LogP contribution in [-0.4, -0.2) is 56.8 Å². The van der Waals surface area contributed by atoms with Gasteiger partial charge in [0, 0.05) is 32.7 Å². The van der Waals surface area contributed by atoms with Crippen molar-refractivity contribution in [1.82, 2.24) is 13.9 Å². The molecule has 2 aliphatic rings. The Kier molecular flexibility index (Phi) is 5.84. The summed E-state index contributed by atoms with van der Waals surface area (Å²) in [6.07, 6.45) is 7.95. The number of nitrogens with one attached hydrogen (secondary N) is 1. The Morgan fingerprint density at radius 1 is 1.15 bits per heavy atom. The molecule has 2 fully saturated rings. The summed E-state index contributed by atoms with van der Waals surface area (Å²) in [7, 11) is 0.345. The van der Waals surface area contributed by atoms with Crippen LogP contribution < -0.4 is 5.32 Å². The normalized spacial score (nSPS) is 26.4. The van der Waals surface area contributed by atoms with Crippen molar-refractivity contribution in [2.75, 3.05) is 33.7 Å². The first-order chi connectivity index (χ1) is 9.55.